The fourth-order valence-electron chi connectivity index (χ4n) is 6.61. The van der Waals surface area contributed by atoms with E-state index in [1.807, 2.05) is 0 Å². The molecule has 0 bridgehead atoms. The van der Waals surface area contributed by atoms with E-state index in [-0.39, 0.29) is 13.0 Å². The molecule has 0 aliphatic carbocycles. The first kappa shape index (κ1) is 59.9. The lowest BCUT2D eigenvalue weighted by atomic mass is 10.0. The lowest BCUT2D eigenvalue weighted by molar-refractivity contribution is -0.154. The van der Waals surface area contributed by atoms with Crippen LogP contribution in [0.5, 0.6) is 0 Å². The highest BCUT2D eigenvalue weighted by Gasteiger charge is 2.26. The molecule has 0 heterocycles. The van der Waals surface area contributed by atoms with Crippen molar-refractivity contribution < 1.29 is 43.0 Å². The normalized spacial score (nSPS) is 14.5. The summed E-state index contributed by atoms with van der Waals surface area (Å²) >= 11 is 0. The summed E-state index contributed by atoms with van der Waals surface area (Å²) in [5, 5.41) is 18.4. The summed E-state index contributed by atoms with van der Waals surface area (Å²) in [7, 11) is -4.54. The second-order valence-corrected chi connectivity index (χ2v) is 17.9. The number of carbonyl (C=O) groups excluding carboxylic acids is 1. The van der Waals surface area contributed by atoms with E-state index < -0.39 is 45.8 Å². The van der Waals surface area contributed by atoms with Crippen LogP contribution in [0.2, 0.25) is 0 Å². The van der Waals surface area contributed by atoms with Crippen molar-refractivity contribution in [3.8, 4) is 0 Å². The van der Waals surface area contributed by atoms with Gasteiger partial charge in [-0.15, -0.1) is 0 Å². The first-order chi connectivity index (χ1) is 30.3. The number of hydrogen-bond acceptors (Lipinski definition) is 8. The van der Waals surface area contributed by atoms with Gasteiger partial charge in [0.15, 0.2) is 0 Å². The molecule has 0 saturated heterocycles. The van der Waals surface area contributed by atoms with E-state index in [4.69, 9.17) is 23.6 Å². The maximum absolute atomic E-state index is 12.7. The van der Waals surface area contributed by atoms with Gasteiger partial charge in [-0.2, -0.15) is 0 Å². The van der Waals surface area contributed by atoms with Gasteiger partial charge in [-0.05, 0) is 83.5 Å². The summed E-state index contributed by atoms with van der Waals surface area (Å²) in [5.74, 6) is -0.399. The highest BCUT2D eigenvalue weighted by Crippen LogP contribution is 2.43. The molecule has 0 aromatic carbocycles. The SMILES string of the molecule is CC/C=C\C/C=C\C/C=C\C/C=C\C/C=C\CCCCOCC(COP(=O)(O)OCC(O)CO)OC(=O)CCCCCCCCCCCCC/C=C\CCCCCCCCCC. The van der Waals surface area contributed by atoms with Gasteiger partial charge in [-0.1, -0.05) is 189 Å². The fourth-order valence-corrected chi connectivity index (χ4v) is 7.40. The predicted octanol–water partition coefficient (Wildman–Crippen LogP) is 14.5. The van der Waals surface area contributed by atoms with E-state index in [9.17, 15) is 19.4 Å². The van der Waals surface area contributed by atoms with E-state index in [0.717, 1.165) is 70.6 Å². The van der Waals surface area contributed by atoms with Crippen molar-refractivity contribution in [3.05, 3.63) is 72.9 Å². The van der Waals surface area contributed by atoms with Crippen LogP contribution in [0.4, 0.5) is 0 Å². The van der Waals surface area contributed by atoms with Crippen LogP contribution < -0.4 is 0 Å². The first-order valence-corrected chi connectivity index (χ1v) is 26.4. The van der Waals surface area contributed by atoms with Crippen molar-refractivity contribution in [3.63, 3.8) is 0 Å². The number of ether oxygens (including phenoxy) is 2. The highest BCUT2D eigenvalue weighted by atomic mass is 31.2. The molecule has 0 radical (unpaired) electrons. The zero-order valence-corrected chi connectivity index (χ0v) is 40.5. The minimum Gasteiger partial charge on any atom is -0.457 e. The van der Waals surface area contributed by atoms with Crippen molar-refractivity contribution in [1.29, 1.82) is 0 Å². The average Bonchev–Trinajstić information content (AvgIpc) is 3.26. The monoisotopic (exact) mass is 893 g/mol. The van der Waals surface area contributed by atoms with E-state index in [1.54, 1.807) is 0 Å². The Hall–Kier alpha value is -2.10. The number of esters is 1. The molecule has 0 aliphatic rings. The largest absolute Gasteiger partial charge is 0.472 e. The Morgan fingerprint density at radius 1 is 0.516 bits per heavy atom. The molecular formula is C52H93O9P. The third-order valence-electron chi connectivity index (χ3n) is 10.4. The fraction of sp³-hybridized carbons (Fsp3) is 0.750. The first-order valence-electron chi connectivity index (χ1n) is 24.9. The van der Waals surface area contributed by atoms with Crippen LogP contribution in [0, 0.1) is 0 Å². The van der Waals surface area contributed by atoms with Crippen LogP contribution >= 0.6 is 7.82 Å². The molecule has 9 nitrogen and oxygen atoms in total. The minimum absolute atomic E-state index is 0.0170. The predicted molar refractivity (Wildman–Crippen MR) is 260 cm³/mol. The van der Waals surface area contributed by atoms with E-state index >= 15 is 0 Å². The lowest BCUT2D eigenvalue weighted by Crippen LogP contribution is -2.29. The number of phosphoric ester groups is 1. The van der Waals surface area contributed by atoms with E-state index in [1.165, 1.54) is 116 Å². The van der Waals surface area contributed by atoms with Gasteiger partial charge in [-0.3, -0.25) is 13.8 Å². The molecule has 0 aromatic rings. The number of aliphatic hydroxyl groups is 2. The van der Waals surface area contributed by atoms with Crippen LogP contribution in [-0.4, -0.2) is 66.3 Å². The van der Waals surface area contributed by atoms with E-state index in [0.29, 0.717) is 6.61 Å². The summed E-state index contributed by atoms with van der Waals surface area (Å²) in [4.78, 5) is 22.7. The van der Waals surface area contributed by atoms with Gasteiger partial charge < -0.3 is 24.6 Å². The van der Waals surface area contributed by atoms with Gasteiger partial charge in [0.1, 0.15) is 12.2 Å². The molecule has 0 spiro atoms. The van der Waals surface area contributed by atoms with Gasteiger partial charge in [0.25, 0.3) is 0 Å². The maximum atomic E-state index is 12.7. The van der Waals surface area contributed by atoms with Crippen LogP contribution in [0.25, 0.3) is 0 Å². The van der Waals surface area contributed by atoms with Crippen molar-refractivity contribution in [2.24, 2.45) is 0 Å². The van der Waals surface area contributed by atoms with Gasteiger partial charge in [0.05, 0.1) is 26.4 Å². The van der Waals surface area contributed by atoms with Crippen LogP contribution in [0.15, 0.2) is 72.9 Å². The van der Waals surface area contributed by atoms with E-state index in [2.05, 4.69) is 86.8 Å². The number of phosphoric acid groups is 1. The Morgan fingerprint density at radius 3 is 1.40 bits per heavy atom. The number of allylic oxidation sites excluding steroid dienone is 12. The Kier molecular flexibility index (Phi) is 46.7. The molecule has 0 fully saturated rings. The van der Waals surface area contributed by atoms with Crippen molar-refractivity contribution in [2.75, 3.05) is 33.0 Å². The second kappa shape index (κ2) is 48.4. The Morgan fingerprint density at radius 2 is 0.919 bits per heavy atom. The van der Waals surface area contributed by atoms with Gasteiger partial charge in [-0.25, -0.2) is 4.57 Å². The van der Waals surface area contributed by atoms with Crippen LogP contribution in [-0.2, 0) is 27.9 Å². The van der Waals surface area contributed by atoms with Crippen molar-refractivity contribution >= 4 is 13.8 Å². The van der Waals surface area contributed by atoms with Crippen molar-refractivity contribution in [1.82, 2.24) is 0 Å². The van der Waals surface area contributed by atoms with Gasteiger partial charge >= 0.3 is 13.8 Å². The highest BCUT2D eigenvalue weighted by molar-refractivity contribution is 7.47. The summed E-state index contributed by atoms with van der Waals surface area (Å²) in [6.07, 6.45) is 58.8. The number of unbranched alkanes of at least 4 members (excludes halogenated alkanes) is 21. The summed E-state index contributed by atoms with van der Waals surface area (Å²) in [6, 6.07) is 0. The number of hydrogen-bond donors (Lipinski definition) is 3. The van der Waals surface area contributed by atoms with Gasteiger partial charge in [0.2, 0.25) is 0 Å². The topological polar surface area (TPSA) is 132 Å². The third kappa shape index (κ3) is 47.4. The number of rotatable bonds is 47. The molecule has 3 N–H and O–H groups in total. The molecule has 0 aliphatic heterocycles. The summed E-state index contributed by atoms with van der Waals surface area (Å²) < 4.78 is 33.4. The number of carbonyl (C=O) groups is 1. The average molecular weight is 893 g/mol. The molecular weight excluding hydrogens is 800 g/mol. The molecule has 0 amide bonds. The molecule has 3 atom stereocenters. The summed E-state index contributed by atoms with van der Waals surface area (Å²) in [6.45, 7) is 3.30. The molecule has 360 valence electrons. The Labute approximate surface area is 380 Å². The number of aliphatic hydroxyl groups excluding tert-OH is 2. The molecule has 10 heteroatoms. The zero-order valence-electron chi connectivity index (χ0n) is 39.6. The quantitative estimate of drug-likeness (QED) is 0.0236. The molecule has 3 unspecified atom stereocenters. The zero-order chi connectivity index (χ0) is 45.3. The molecule has 0 saturated carbocycles. The molecule has 62 heavy (non-hydrogen) atoms. The standard InChI is InChI=1S/C52H93O9P/c1-3-5-7-9-11-13-15-17-19-21-23-24-25-26-27-28-30-32-34-36-38-40-42-44-52(55)61-51(49-60-62(56,57)59-47-50(54)46-53)48-58-45-43-41-39-37-35-33-31-29-22-20-18-16-14-12-10-8-6-4-2/h6,8,12,14,18,20-21,23,29,31,35,37,50-51,53-54H,3-5,7,9-11,13,15-17,19,22,24-28,30,32-34,36,38-49H2,1-2H3,(H,56,57)/b8-6-,14-12-,20-18-,23-21-,31-29-,37-35-. The smallest absolute Gasteiger partial charge is 0.457 e. The molecule has 0 aromatic heterocycles. The Bertz CT molecular complexity index is 1190. The van der Waals surface area contributed by atoms with Crippen LogP contribution in [0.1, 0.15) is 206 Å². The second-order valence-electron chi connectivity index (χ2n) is 16.4. The minimum atomic E-state index is -4.54. The van der Waals surface area contributed by atoms with Gasteiger partial charge in [0, 0.05) is 13.0 Å². The lowest BCUT2D eigenvalue weighted by Gasteiger charge is -2.20. The Balaban J connectivity index is 4.15. The summed E-state index contributed by atoms with van der Waals surface area (Å²) in [5.41, 5.74) is 0. The van der Waals surface area contributed by atoms with Crippen LogP contribution in [0.3, 0.4) is 0 Å². The molecule has 0 rings (SSSR count). The maximum Gasteiger partial charge on any atom is 0.472 e. The third-order valence-corrected chi connectivity index (χ3v) is 11.3. The van der Waals surface area contributed by atoms with Crippen molar-refractivity contribution in [2.45, 2.75) is 219 Å².